The molecule has 0 aromatic heterocycles. The molecule has 1 fully saturated rings. The average molecular weight is 150 g/mol. The molecule has 0 aromatic carbocycles. The van der Waals surface area contributed by atoms with E-state index in [0.717, 1.165) is 6.42 Å². The summed E-state index contributed by atoms with van der Waals surface area (Å²) in [6.45, 7) is 6.46. The van der Waals surface area contributed by atoms with Gasteiger partial charge in [-0.3, -0.25) is 4.79 Å². The summed E-state index contributed by atoms with van der Waals surface area (Å²) in [5.74, 6) is 0.926. The number of carbonyl (C=O) groups is 1. The van der Waals surface area contributed by atoms with E-state index in [-0.39, 0.29) is 10.8 Å². The first-order valence-electron chi connectivity index (χ1n) is 4.21. The number of ketones is 1. The summed E-state index contributed by atoms with van der Waals surface area (Å²) in [5, 5.41) is 0. The van der Waals surface area contributed by atoms with Crippen molar-refractivity contribution in [1.29, 1.82) is 0 Å². The van der Waals surface area contributed by atoms with E-state index in [0.29, 0.717) is 11.7 Å². The quantitative estimate of drug-likeness (QED) is 0.484. The van der Waals surface area contributed by atoms with Gasteiger partial charge in [-0.15, -0.1) is 0 Å². The Bertz CT molecular complexity index is 250. The van der Waals surface area contributed by atoms with E-state index in [4.69, 9.17) is 0 Å². The number of hydrogen-bond acceptors (Lipinski definition) is 1. The molecule has 2 bridgehead atoms. The highest BCUT2D eigenvalue weighted by atomic mass is 16.1. The summed E-state index contributed by atoms with van der Waals surface area (Å²) in [4.78, 5) is 11.5. The minimum Gasteiger partial charge on any atom is -0.299 e. The molecule has 2 aliphatic carbocycles. The van der Waals surface area contributed by atoms with E-state index in [1.165, 1.54) is 0 Å². The molecule has 2 atom stereocenters. The first kappa shape index (κ1) is 7.08. The van der Waals surface area contributed by atoms with Gasteiger partial charge in [-0.05, 0) is 18.3 Å². The van der Waals surface area contributed by atoms with Crippen molar-refractivity contribution in [2.45, 2.75) is 27.2 Å². The number of rotatable bonds is 0. The summed E-state index contributed by atoms with van der Waals surface area (Å²) in [6.07, 6.45) is 5.07. The molecule has 0 saturated heterocycles. The van der Waals surface area contributed by atoms with Crippen molar-refractivity contribution >= 4 is 5.78 Å². The van der Waals surface area contributed by atoms with Crippen LogP contribution in [0.5, 0.6) is 0 Å². The second kappa shape index (κ2) is 1.60. The van der Waals surface area contributed by atoms with Crippen LogP contribution in [0.1, 0.15) is 27.2 Å². The van der Waals surface area contributed by atoms with Gasteiger partial charge in [-0.2, -0.15) is 0 Å². The maximum absolute atomic E-state index is 11.5. The van der Waals surface area contributed by atoms with Crippen LogP contribution in [0.3, 0.4) is 0 Å². The third-order valence-electron chi connectivity index (χ3n) is 3.91. The van der Waals surface area contributed by atoms with Crippen molar-refractivity contribution in [1.82, 2.24) is 0 Å². The molecule has 1 saturated carbocycles. The zero-order valence-electron chi connectivity index (χ0n) is 7.35. The van der Waals surface area contributed by atoms with E-state index >= 15 is 0 Å². The number of allylic oxidation sites excluding steroid dienone is 2. The fourth-order valence-corrected chi connectivity index (χ4v) is 2.34. The Morgan fingerprint density at radius 1 is 1.45 bits per heavy atom. The summed E-state index contributed by atoms with van der Waals surface area (Å²) >= 11 is 0. The van der Waals surface area contributed by atoms with Crippen LogP contribution in [-0.2, 0) is 4.79 Å². The molecule has 2 rings (SSSR count). The average Bonchev–Trinajstić information content (AvgIpc) is 2.20. The molecule has 1 nitrogen and oxygen atoms in total. The maximum atomic E-state index is 11.5. The first-order chi connectivity index (χ1) is 4.98. The highest BCUT2D eigenvalue weighted by molar-refractivity contribution is 5.91. The van der Waals surface area contributed by atoms with Crippen LogP contribution in [0.25, 0.3) is 0 Å². The summed E-state index contributed by atoms with van der Waals surface area (Å²) in [6, 6.07) is 0. The second-order valence-corrected chi connectivity index (χ2v) is 4.52. The van der Waals surface area contributed by atoms with Gasteiger partial charge in [0.15, 0.2) is 0 Å². The molecule has 2 unspecified atom stereocenters. The largest absolute Gasteiger partial charge is 0.299 e. The van der Waals surface area contributed by atoms with Crippen LogP contribution < -0.4 is 0 Å². The molecule has 2 aliphatic rings. The predicted molar refractivity (Wildman–Crippen MR) is 44.1 cm³/mol. The minimum atomic E-state index is -0.155. The van der Waals surface area contributed by atoms with Gasteiger partial charge in [0.2, 0.25) is 0 Å². The molecule has 0 aliphatic heterocycles. The van der Waals surface area contributed by atoms with E-state index < -0.39 is 0 Å². The molecule has 0 aromatic rings. The van der Waals surface area contributed by atoms with Gasteiger partial charge in [0.1, 0.15) is 5.78 Å². The maximum Gasteiger partial charge on any atom is 0.143 e. The SMILES string of the molecule is CC12C=CC(CC1=O)C2(C)C. The molecule has 0 N–H and O–H groups in total. The monoisotopic (exact) mass is 150 g/mol. The molecule has 11 heavy (non-hydrogen) atoms. The lowest BCUT2D eigenvalue weighted by Crippen LogP contribution is -2.32. The van der Waals surface area contributed by atoms with Gasteiger partial charge < -0.3 is 0 Å². The zero-order chi connectivity index (χ0) is 8.28. The normalized spacial score (nSPS) is 45.4. The lowest BCUT2D eigenvalue weighted by Gasteiger charge is -2.32. The summed E-state index contributed by atoms with van der Waals surface area (Å²) < 4.78 is 0. The summed E-state index contributed by atoms with van der Waals surface area (Å²) in [5.41, 5.74) is 0.0156. The molecule has 0 amide bonds. The minimum absolute atomic E-state index is 0.155. The molecule has 1 heteroatoms. The first-order valence-corrected chi connectivity index (χ1v) is 4.21. The van der Waals surface area contributed by atoms with Gasteiger partial charge in [-0.1, -0.05) is 26.0 Å². The van der Waals surface area contributed by atoms with Crippen molar-refractivity contribution < 1.29 is 4.79 Å². The Morgan fingerprint density at radius 3 is 2.27 bits per heavy atom. The van der Waals surface area contributed by atoms with E-state index in [9.17, 15) is 4.79 Å². The van der Waals surface area contributed by atoms with Crippen LogP contribution in [-0.4, -0.2) is 5.78 Å². The number of fused-ring (bicyclic) bond motifs is 2. The van der Waals surface area contributed by atoms with Crippen LogP contribution in [0.2, 0.25) is 0 Å². The Balaban J connectivity index is 2.55. The Kier molecular flexibility index (Phi) is 1.03. The highest BCUT2D eigenvalue weighted by Crippen LogP contribution is 2.59. The predicted octanol–water partition coefficient (Wildman–Crippen LogP) is 2.18. The van der Waals surface area contributed by atoms with Gasteiger partial charge in [0.05, 0.1) is 0 Å². The molecular weight excluding hydrogens is 136 g/mol. The lowest BCUT2D eigenvalue weighted by molar-refractivity contribution is -0.125. The number of hydrogen-bond donors (Lipinski definition) is 0. The third-order valence-corrected chi connectivity index (χ3v) is 3.91. The van der Waals surface area contributed by atoms with Crippen molar-refractivity contribution in [2.75, 3.05) is 0 Å². The second-order valence-electron chi connectivity index (χ2n) is 4.52. The van der Waals surface area contributed by atoms with Crippen molar-refractivity contribution in [3.63, 3.8) is 0 Å². The molecular formula is C10H14O. The van der Waals surface area contributed by atoms with Crippen molar-refractivity contribution in [2.24, 2.45) is 16.7 Å². The lowest BCUT2D eigenvalue weighted by atomic mass is 9.70. The topological polar surface area (TPSA) is 17.1 Å². The van der Waals surface area contributed by atoms with Gasteiger partial charge >= 0.3 is 0 Å². The highest BCUT2D eigenvalue weighted by Gasteiger charge is 2.58. The van der Waals surface area contributed by atoms with Crippen LogP contribution in [0.15, 0.2) is 12.2 Å². The van der Waals surface area contributed by atoms with Crippen molar-refractivity contribution in [3.8, 4) is 0 Å². The standard InChI is InChI=1S/C10H14O/c1-9(2)7-4-5-10(9,3)8(11)6-7/h4-5,7H,6H2,1-3H3. The fraction of sp³-hybridized carbons (Fsp3) is 0.700. The fourth-order valence-electron chi connectivity index (χ4n) is 2.34. The smallest absolute Gasteiger partial charge is 0.143 e. The number of carbonyl (C=O) groups excluding carboxylic acids is 1. The van der Waals surface area contributed by atoms with Crippen LogP contribution in [0.4, 0.5) is 0 Å². The van der Waals surface area contributed by atoms with E-state index in [1.54, 1.807) is 0 Å². The van der Waals surface area contributed by atoms with Crippen LogP contribution >= 0.6 is 0 Å². The summed E-state index contributed by atoms with van der Waals surface area (Å²) in [7, 11) is 0. The van der Waals surface area contributed by atoms with Gasteiger partial charge in [0, 0.05) is 11.8 Å². The Hall–Kier alpha value is -0.590. The third kappa shape index (κ3) is 0.559. The molecule has 0 radical (unpaired) electrons. The van der Waals surface area contributed by atoms with Gasteiger partial charge in [0.25, 0.3) is 0 Å². The number of Topliss-reactive ketones (excluding diaryl/α,β-unsaturated/α-hetero) is 1. The van der Waals surface area contributed by atoms with E-state index in [1.807, 2.05) is 0 Å². The van der Waals surface area contributed by atoms with Gasteiger partial charge in [-0.25, -0.2) is 0 Å². The zero-order valence-corrected chi connectivity index (χ0v) is 7.35. The Morgan fingerprint density at radius 2 is 2.09 bits per heavy atom. The molecule has 0 heterocycles. The Labute approximate surface area is 67.5 Å². The molecule has 60 valence electrons. The van der Waals surface area contributed by atoms with Crippen LogP contribution in [0, 0.1) is 16.7 Å². The molecule has 0 spiro atoms. The van der Waals surface area contributed by atoms with Crippen molar-refractivity contribution in [3.05, 3.63) is 12.2 Å². The van der Waals surface area contributed by atoms with E-state index in [2.05, 4.69) is 32.9 Å².